The van der Waals surface area contributed by atoms with Crippen molar-refractivity contribution in [1.82, 2.24) is 25.0 Å². The molecule has 132 valence electrons. The lowest BCUT2D eigenvalue weighted by atomic mass is 10.2. The molecule has 1 saturated carbocycles. The second kappa shape index (κ2) is 6.91. The van der Waals surface area contributed by atoms with E-state index < -0.39 is 5.97 Å². The fourth-order valence-electron chi connectivity index (χ4n) is 3.13. The number of nitrogens with zero attached hydrogens (tertiary/aromatic N) is 5. The second-order valence-corrected chi connectivity index (χ2v) is 6.30. The van der Waals surface area contributed by atoms with E-state index in [2.05, 4.69) is 25.6 Å². The summed E-state index contributed by atoms with van der Waals surface area (Å²) in [7, 11) is 0. The van der Waals surface area contributed by atoms with Crippen LogP contribution in [0.1, 0.15) is 42.1 Å². The molecule has 0 spiro atoms. The van der Waals surface area contributed by atoms with E-state index in [1.54, 1.807) is 24.4 Å². The van der Waals surface area contributed by atoms with Gasteiger partial charge in [0.25, 0.3) is 0 Å². The summed E-state index contributed by atoms with van der Waals surface area (Å²) in [6, 6.07) is 8.64. The summed E-state index contributed by atoms with van der Waals surface area (Å²) in [5, 5.41) is 20.5. The summed E-state index contributed by atoms with van der Waals surface area (Å²) in [5.41, 5.74) is 2.34. The Labute approximate surface area is 149 Å². The van der Waals surface area contributed by atoms with Crippen molar-refractivity contribution in [3.63, 3.8) is 0 Å². The predicted molar refractivity (Wildman–Crippen MR) is 95.2 cm³/mol. The van der Waals surface area contributed by atoms with Crippen LogP contribution >= 0.6 is 0 Å². The number of anilines is 2. The fourth-order valence-corrected chi connectivity index (χ4v) is 3.13. The van der Waals surface area contributed by atoms with Crippen LogP contribution in [0.2, 0.25) is 0 Å². The number of carboxylic acids is 1. The molecule has 26 heavy (non-hydrogen) atoms. The molecular weight excluding hydrogens is 332 g/mol. The molecule has 1 fully saturated rings. The van der Waals surface area contributed by atoms with Gasteiger partial charge in [-0.05, 0) is 43.2 Å². The average Bonchev–Trinajstić information content (AvgIpc) is 3.34. The van der Waals surface area contributed by atoms with Gasteiger partial charge < -0.3 is 10.4 Å². The summed E-state index contributed by atoms with van der Waals surface area (Å²) in [6.45, 7) is 0. The zero-order valence-electron chi connectivity index (χ0n) is 14.0. The molecular formula is C18H18N6O2. The molecule has 2 aromatic heterocycles. The van der Waals surface area contributed by atoms with E-state index in [1.165, 1.54) is 25.0 Å². The topological polar surface area (TPSA) is 106 Å². The lowest BCUT2D eigenvalue weighted by Crippen LogP contribution is -2.04. The highest BCUT2D eigenvalue weighted by Gasteiger charge is 2.19. The van der Waals surface area contributed by atoms with Crippen LogP contribution in [0.4, 0.5) is 11.6 Å². The number of aromatic nitrogens is 5. The van der Waals surface area contributed by atoms with Crippen LogP contribution in [0.5, 0.6) is 0 Å². The summed E-state index contributed by atoms with van der Waals surface area (Å²) >= 11 is 0. The van der Waals surface area contributed by atoms with E-state index in [4.69, 9.17) is 5.11 Å². The number of hydrogen-bond donors (Lipinski definition) is 2. The zero-order valence-corrected chi connectivity index (χ0v) is 14.0. The maximum atomic E-state index is 10.9. The van der Waals surface area contributed by atoms with Crippen molar-refractivity contribution in [2.75, 3.05) is 5.32 Å². The van der Waals surface area contributed by atoms with Gasteiger partial charge in [-0.25, -0.2) is 19.4 Å². The van der Waals surface area contributed by atoms with E-state index in [1.807, 2.05) is 10.9 Å². The van der Waals surface area contributed by atoms with Crippen LogP contribution in [-0.4, -0.2) is 36.0 Å². The van der Waals surface area contributed by atoms with E-state index in [9.17, 15) is 4.79 Å². The highest BCUT2D eigenvalue weighted by atomic mass is 16.4. The number of nitrogens with one attached hydrogen (secondary N) is 1. The molecule has 1 aromatic carbocycles. The molecule has 0 saturated heterocycles. The average molecular weight is 350 g/mol. The predicted octanol–water partition coefficient (Wildman–Crippen LogP) is 3.29. The van der Waals surface area contributed by atoms with Crippen molar-refractivity contribution in [3.8, 4) is 11.4 Å². The Balaban J connectivity index is 1.52. The molecule has 0 unspecified atom stereocenters. The third-order valence-electron chi connectivity index (χ3n) is 4.52. The maximum absolute atomic E-state index is 10.9. The first kappa shape index (κ1) is 16.2. The first-order chi connectivity index (χ1) is 12.7. The highest BCUT2D eigenvalue weighted by molar-refractivity contribution is 5.88. The number of carboxylic acid groups (broad SMARTS) is 1. The highest BCUT2D eigenvalue weighted by Crippen LogP contribution is 2.29. The summed E-state index contributed by atoms with van der Waals surface area (Å²) in [5.74, 6) is -0.541. The molecule has 8 heteroatoms. The molecule has 1 aliphatic carbocycles. The van der Waals surface area contributed by atoms with Crippen molar-refractivity contribution in [1.29, 1.82) is 0 Å². The summed E-state index contributed by atoms with van der Waals surface area (Å²) in [6.07, 6.45) is 8.36. The summed E-state index contributed by atoms with van der Waals surface area (Å²) < 4.78 is 1.93. The van der Waals surface area contributed by atoms with Crippen LogP contribution < -0.4 is 5.32 Å². The van der Waals surface area contributed by atoms with Crippen LogP contribution in [0.15, 0.2) is 42.7 Å². The monoisotopic (exact) mass is 350 g/mol. The minimum atomic E-state index is -0.958. The third-order valence-corrected chi connectivity index (χ3v) is 4.52. The molecule has 3 aromatic rings. The molecule has 2 heterocycles. The number of benzene rings is 1. The lowest BCUT2D eigenvalue weighted by molar-refractivity contribution is 0.0697. The van der Waals surface area contributed by atoms with Crippen LogP contribution in [-0.2, 0) is 0 Å². The molecule has 2 N–H and O–H groups in total. The van der Waals surface area contributed by atoms with Crippen molar-refractivity contribution in [3.05, 3.63) is 48.3 Å². The van der Waals surface area contributed by atoms with Crippen molar-refractivity contribution in [2.24, 2.45) is 0 Å². The Morgan fingerprint density at radius 2 is 1.88 bits per heavy atom. The van der Waals surface area contributed by atoms with Gasteiger partial charge in [0.1, 0.15) is 5.69 Å². The minimum absolute atomic E-state index is 0.230. The van der Waals surface area contributed by atoms with Gasteiger partial charge >= 0.3 is 5.97 Å². The van der Waals surface area contributed by atoms with E-state index in [0.29, 0.717) is 29.1 Å². The number of rotatable bonds is 5. The quantitative estimate of drug-likeness (QED) is 0.727. The maximum Gasteiger partial charge on any atom is 0.335 e. The molecule has 1 aliphatic rings. The zero-order chi connectivity index (χ0) is 17.9. The van der Waals surface area contributed by atoms with E-state index in [-0.39, 0.29) is 5.56 Å². The van der Waals surface area contributed by atoms with Gasteiger partial charge in [0, 0.05) is 11.9 Å². The molecule has 0 amide bonds. The van der Waals surface area contributed by atoms with Gasteiger partial charge in [-0.1, -0.05) is 18.1 Å². The van der Waals surface area contributed by atoms with Crippen molar-refractivity contribution in [2.45, 2.75) is 31.7 Å². The molecule has 0 bridgehead atoms. The minimum Gasteiger partial charge on any atom is -0.478 e. The SMILES string of the molecule is O=C(O)c1ccc(Nc2nccc(-c3cn(C4CCCC4)nn3)n2)cc1. The second-order valence-electron chi connectivity index (χ2n) is 6.30. The van der Waals surface area contributed by atoms with Gasteiger partial charge in [0.15, 0.2) is 0 Å². The molecule has 4 rings (SSSR count). The van der Waals surface area contributed by atoms with Gasteiger partial charge in [-0.3, -0.25) is 0 Å². The van der Waals surface area contributed by atoms with E-state index in [0.717, 1.165) is 12.8 Å². The van der Waals surface area contributed by atoms with Gasteiger partial charge in [0.05, 0.1) is 23.5 Å². The normalized spacial score (nSPS) is 14.5. The number of hydrogen-bond acceptors (Lipinski definition) is 6. The number of carbonyl (C=O) groups is 1. The van der Waals surface area contributed by atoms with Gasteiger partial charge in [0.2, 0.25) is 5.95 Å². The Hall–Kier alpha value is -3.29. The van der Waals surface area contributed by atoms with Crippen molar-refractivity contribution >= 4 is 17.6 Å². The van der Waals surface area contributed by atoms with Crippen LogP contribution in [0.25, 0.3) is 11.4 Å². The molecule has 0 atom stereocenters. The first-order valence-electron chi connectivity index (χ1n) is 8.55. The molecule has 0 radical (unpaired) electrons. The standard InChI is InChI=1S/C18H18N6O2/c25-17(26)12-5-7-13(8-6-12)20-18-19-10-9-15(21-18)16-11-24(23-22-16)14-3-1-2-4-14/h5-11,14H,1-4H2,(H,25,26)(H,19,20,21). The Bertz CT molecular complexity index is 915. The largest absolute Gasteiger partial charge is 0.478 e. The van der Waals surface area contributed by atoms with Gasteiger partial charge in [-0.15, -0.1) is 5.10 Å². The summed E-state index contributed by atoms with van der Waals surface area (Å²) in [4.78, 5) is 19.6. The van der Waals surface area contributed by atoms with Crippen LogP contribution in [0, 0.1) is 0 Å². The Morgan fingerprint density at radius 1 is 1.12 bits per heavy atom. The lowest BCUT2D eigenvalue weighted by Gasteiger charge is -2.07. The Kier molecular flexibility index (Phi) is 4.30. The van der Waals surface area contributed by atoms with E-state index >= 15 is 0 Å². The molecule has 8 nitrogen and oxygen atoms in total. The Morgan fingerprint density at radius 3 is 2.62 bits per heavy atom. The fraction of sp³-hybridized carbons (Fsp3) is 0.278. The van der Waals surface area contributed by atoms with Crippen LogP contribution in [0.3, 0.4) is 0 Å². The molecule has 0 aliphatic heterocycles. The third kappa shape index (κ3) is 3.39. The van der Waals surface area contributed by atoms with Crippen molar-refractivity contribution < 1.29 is 9.90 Å². The number of aromatic carboxylic acids is 1. The van der Waals surface area contributed by atoms with Gasteiger partial charge in [-0.2, -0.15) is 0 Å². The first-order valence-corrected chi connectivity index (χ1v) is 8.55. The smallest absolute Gasteiger partial charge is 0.335 e.